The predicted octanol–water partition coefficient (Wildman–Crippen LogP) is 6.21. The summed E-state index contributed by atoms with van der Waals surface area (Å²) in [6.45, 7) is 7.29. The number of aromatic nitrogens is 1. The van der Waals surface area contributed by atoms with E-state index in [1.54, 1.807) is 11.0 Å². The van der Waals surface area contributed by atoms with Gasteiger partial charge in [-0.1, -0.05) is 43.6 Å². The van der Waals surface area contributed by atoms with Gasteiger partial charge in [-0.15, -0.1) is 0 Å². The molecular formula is C29H33ClN2O6. The monoisotopic (exact) mass is 540 g/mol. The minimum atomic E-state index is -0.884. The lowest BCUT2D eigenvalue weighted by molar-refractivity contribution is -0.138. The summed E-state index contributed by atoms with van der Waals surface area (Å²) < 4.78 is 17.2. The summed E-state index contributed by atoms with van der Waals surface area (Å²) in [4.78, 5) is 30.3. The van der Waals surface area contributed by atoms with E-state index in [2.05, 4.69) is 4.98 Å². The molecular weight excluding hydrogens is 508 g/mol. The molecule has 0 radical (unpaired) electrons. The van der Waals surface area contributed by atoms with E-state index in [1.807, 2.05) is 63.2 Å². The second-order valence-corrected chi connectivity index (χ2v) is 10.5. The average Bonchev–Trinajstić information content (AvgIpc) is 3.46. The zero-order valence-electron chi connectivity index (χ0n) is 21.9. The number of aliphatic carboxylic acids is 1. The molecule has 1 N–H and O–H groups in total. The van der Waals surface area contributed by atoms with Gasteiger partial charge in [0, 0.05) is 36.0 Å². The number of likely N-dealkylation sites (tertiary alicyclic amines) is 1. The van der Waals surface area contributed by atoms with Crippen molar-refractivity contribution in [2.24, 2.45) is 11.8 Å². The molecule has 9 heteroatoms. The molecule has 2 heterocycles. The number of carboxylic acid groups (broad SMARTS) is 1. The molecule has 0 aliphatic carbocycles. The van der Waals surface area contributed by atoms with Gasteiger partial charge >= 0.3 is 12.1 Å². The van der Waals surface area contributed by atoms with Crippen LogP contribution >= 0.6 is 11.6 Å². The molecule has 8 nitrogen and oxygen atoms in total. The molecule has 4 rings (SSSR count). The summed E-state index contributed by atoms with van der Waals surface area (Å²) >= 11 is 6.09. The van der Waals surface area contributed by atoms with Gasteiger partial charge in [0.05, 0.1) is 25.3 Å². The van der Waals surface area contributed by atoms with E-state index in [0.717, 1.165) is 22.6 Å². The number of nitrogens with zero attached hydrogens (tertiary/aromatic N) is 2. The number of oxazole rings is 1. The van der Waals surface area contributed by atoms with Crippen molar-refractivity contribution in [3.8, 4) is 17.2 Å². The second-order valence-electron chi connectivity index (χ2n) is 10.0. The van der Waals surface area contributed by atoms with Gasteiger partial charge in [0.15, 0.2) is 0 Å². The van der Waals surface area contributed by atoms with Crippen molar-refractivity contribution < 1.29 is 28.6 Å². The fourth-order valence-corrected chi connectivity index (χ4v) is 4.85. The lowest BCUT2D eigenvalue weighted by atomic mass is 9.87. The van der Waals surface area contributed by atoms with Crippen molar-refractivity contribution in [3.05, 3.63) is 70.6 Å². The number of carbonyl (C=O) groups is 2. The summed E-state index contributed by atoms with van der Waals surface area (Å²) in [7, 11) is 0. The SMILES string of the molecule is Cc1oc(-c2cccc(Cl)c2)nc1CCOc1cccc([C@@H]2CN(C(=O)OCC(C)C)C[C@@H]2CC(=O)O)c1. The first-order valence-electron chi connectivity index (χ1n) is 12.8. The quantitative estimate of drug-likeness (QED) is 0.326. The van der Waals surface area contributed by atoms with Crippen molar-refractivity contribution in [3.63, 3.8) is 0 Å². The number of carbonyl (C=O) groups excluding carboxylic acids is 1. The van der Waals surface area contributed by atoms with Crippen molar-refractivity contribution in [1.29, 1.82) is 0 Å². The highest BCUT2D eigenvalue weighted by atomic mass is 35.5. The normalized spacial score (nSPS) is 17.1. The van der Waals surface area contributed by atoms with Crippen LogP contribution in [-0.4, -0.2) is 53.4 Å². The summed E-state index contributed by atoms with van der Waals surface area (Å²) in [5, 5.41) is 10.1. The topological polar surface area (TPSA) is 102 Å². The van der Waals surface area contributed by atoms with E-state index in [4.69, 9.17) is 25.5 Å². The van der Waals surface area contributed by atoms with Gasteiger partial charge in [-0.05, 0) is 54.7 Å². The maximum Gasteiger partial charge on any atom is 0.409 e. The third-order valence-corrected chi connectivity index (χ3v) is 6.77. The Bertz CT molecular complexity index is 1270. The highest BCUT2D eigenvalue weighted by Gasteiger charge is 2.38. The largest absolute Gasteiger partial charge is 0.493 e. The number of rotatable bonds is 10. The molecule has 1 aromatic heterocycles. The maximum absolute atomic E-state index is 12.5. The van der Waals surface area contributed by atoms with Crippen LogP contribution in [0.4, 0.5) is 4.79 Å². The Morgan fingerprint density at radius 1 is 1.18 bits per heavy atom. The van der Waals surface area contributed by atoms with E-state index in [1.165, 1.54) is 0 Å². The van der Waals surface area contributed by atoms with Crippen LogP contribution in [0.5, 0.6) is 5.75 Å². The van der Waals surface area contributed by atoms with E-state index in [0.29, 0.717) is 49.4 Å². The van der Waals surface area contributed by atoms with Crippen molar-refractivity contribution >= 4 is 23.7 Å². The number of benzene rings is 2. The molecule has 202 valence electrons. The smallest absolute Gasteiger partial charge is 0.409 e. The zero-order valence-corrected chi connectivity index (χ0v) is 22.6. The molecule has 1 aliphatic heterocycles. The number of hydrogen-bond acceptors (Lipinski definition) is 6. The molecule has 0 bridgehead atoms. The highest BCUT2D eigenvalue weighted by molar-refractivity contribution is 6.30. The summed E-state index contributed by atoms with van der Waals surface area (Å²) in [6, 6.07) is 15.0. The van der Waals surface area contributed by atoms with Gasteiger partial charge in [0.2, 0.25) is 5.89 Å². The molecule has 2 atom stereocenters. The van der Waals surface area contributed by atoms with Crippen LogP contribution in [0.1, 0.15) is 43.2 Å². The van der Waals surface area contributed by atoms with Crippen LogP contribution in [0.2, 0.25) is 5.02 Å². The van der Waals surface area contributed by atoms with E-state index in [-0.39, 0.29) is 24.2 Å². The number of halogens is 1. The van der Waals surface area contributed by atoms with Crippen LogP contribution in [0.25, 0.3) is 11.5 Å². The summed E-state index contributed by atoms with van der Waals surface area (Å²) in [5.41, 5.74) is 2.56. The van der Waals surface area contributed by atoms with Gasteiger partial charge in [-0.3, -0.25) is 4.79 Å². The number of aryl methyl sites for hydroxylation is 1. The molecule has 1 fully saturated rings. The van der Waals surface area contributed by atoms with Gasteiger partial charge < -0.3 is 23.9 Å². The van der Waals surface area contributed by atoms with Crippen molar-refractivity contribution in [2.45, 2.75) is 39.5 Å². The fraction of sp³-hybridized carbons (Fsp3) is 0.414. The molecule has 3 aromatic rings. The van der Waals surface area contributed by atoms with Crippen LogP contribution in [0, 0.1) is 18.8 Å². The van der Waals surface area contributed by atoms with Crippen LogP contribution in [-0.2, 0) is 16.0 Å². The van der Waals surface area contributed by atoms with E-state index in [9.17, 15) is 14.7 Å². The van der Waals surface area contributed by atoms with Crippen LogP contribution in [0.3, 0.4) is 0 Å². The third kappa shape index (κ3) is 7.07. The number of ether oxygens (including phenoxy) is 2. The molecule has 38 heavy (non-hydrogen) atoms. The first-order valence-corrected chi connectivity index (χ1v) is 13.2. The summed E-state index contributed by atoms with van der Waals surface area (Å²) in [6.07, 6.45) is 0.134. The molecule has 2 aromatic carbocycles. The van der Waals surface area contributed by atoms with Crippen molar-refractivity contribution in [1.82, 2.24) is 9.88 Å². The number of hydrogen-bond donors (Lipinski definition) is 1. The maximum atomic E-state index is 12.5. The molecule has 0 unspecified atom stereocenters. The Hall–Kier alpha value is -3.52. The Labute approximate surface area is 227 Å². The molecule has 0 saturated carbocycles. The minimum Gasteiger partial charge on any atom is -0.493 e. The standard InChI is InChI=1S/C29H33ClN2O6/c1-18(2)17-37-29(35)32-15-22(14-27(33)34)25(16-32)20-6-5-9-24(13-20)36-11-10-26-19(3)38-28(31-26)21-7-4-8-23(30)12-21/h4-9,12-13,18,22,25H,10-11,14-17H2,1-3H3,(H,33,34)/t22-,25-/m0/s1. The first-order chi connectivity index (χ1) is 18.2. The Morgan fingerprint density at radius 3 is 2.71 bits per heavy atom. The lowest BCUT2D eigenvalue weighted by Gasteiger charge is -2.18. The van der Waals surface area contributed by atoms with Crippen molar-refractivity contribution in [2.75, 3.05) is 26.3 Å². The molecule has 1 amide bonds. The second kappa shape index (κ2) is 12.3. The van der Waals surface area contributed by atoms with Crippen LogP contribution < -0.4 is 4.74 Å². The van der Waals surface area contributed by atoms with Gasteiger partial charge in [0.25, 0.3) is 0 Å². The lowest BCUT2D eigenvalue weighted by Crippen LogP contribution is -2.30. The minimum absolute atomic E-state index is 0.0237. The fourth-order valence-electron chi connectivity index (χ4n) is 4.66. The molecule has 1 saturated heterocycles. The number of amides is 1. The van der Waals surface area contributed by atoms with Crippen LogP contribution in [0.15, 0.2) is 52.9 Å². The van der Waals surface area contributed by atoms with Gasteiger partial charge in [-0.2, -0.15) is 0 Å². The first kappa shape index (κ1) is 27.5. The highest BCUT2D eigenvalue weighted by Crippen LogP contribution is 2.36. The molecule has 1 aliphatic rings. The summed E-state index contributed by atoms with van der Waals surface area (Å²) in [5.74, 6) is 0.925. The third-order valence-electron chi connectivity index (χ3n) is 6.53. The Kier molecular flexibility index (Phi) is 8.94. The van der Waals surface area contributed by atoms with Gasteiger partial charge in [-0.25, -0.2) is 9.78 Å². The average molecular weight is 541 g/mol. The Morgan fingerprint density at radius 2 is 1.97 bits per heavy atom. The Balaban J connectivity index is 1.40. The van der Waals surface area contributed by atoms with Gasteiger partial charge in [0.1, 0.15) is 11.5 Å². The zero-order chi connectivity index (χ0) is 27.2. The van der Waals surface area contributed by atoms with E-state index >= 15 is 0 Å². The predicted molar refractivity (Wildman–Crippen MR) is 144 cm³/mol. The van der Waals surface area contributed by atoms with E-state index < -0.39 is 12.1 Å². The molecule has 0 spiro atoms. The number of carboxylic acids is 1.